The summed E-state index contributed by atoms with van der Waals surface area (Å²) in [6.07, 6.45) is 2.65. The van der Waals surface area contributed by atoms with E-state index in [1.807, 2.05) is 6.07 Å². The van der Waals surface area contributed by atoms with Gasteiger partial charge in [0.1, 0.15) is 11.4 Å². The van der Waals surface area contributed by atoms with Gasteiger partial charge in [0.05, 0.1) is 5.69 Å². The predicted octanol–water partition coefficient (Wildman–Crippen LogP) is 4.49. The minimum absolute atomic E-state index is 0.0168. The molecule has 2 aliphatic rings. The van der Waals surface area contributed by atoms with E-state index >= 15 is 0 Å². The molecule has 1 aromatic carbocycles. The van der Waals surface area contributed by atoms with Crippen LogP contribution >= 0.6 is 11.8 Å². The number of thioether (sulfide) groups is 1. The Morgan fingerprint density at radius 2 is 1.74 bits per heavy atom. The number of anilines is 2. The van der Waals surface area contributed by atoms with Crippen molar-refractivity contribution in [2.24, 2.45) is 0 Å². The first-order valence-electron chi connectivity index (χ1n) is 12.6. The topological polar surface area (TPSA) is 72.0 Å². The molecular weight excluding hydrogens is 517 g/mol. The lowest BCUT2D eigenvalue weighted by atomic mass is 10.0. The maximum Gasteiger partial charge on any atom is 0.446 e. The summed E-state index contributed by atoms with van der Waals surface area (Å²) in [5.74, 6) is 0.265. The van der Waals surface area contributed by atoms with Crippen molar-refractivity contribution < 1.29 is 22.8 Å². The summed E-state index contributed by atoms with van der Waals surface area (Å²) >= 11 is -0.244. The number of halogens is 3. The highest BCUT2D eigenvalue weighted by Crippen LogP contribution is 2.39. The summed E-state index contributed by atoms with van der Waals surface area (Å²) in [7, 11) is 2.14. The van der Waals surface area contributed by atoms with Crippen molar-refractivity contribution in [3.63, 3.8) is 0 Å². The Kier molecular flexibility index (Phi) is 8.53. The zero-order valence-electron chi connectivity index (χ0n) is 21.8. The van der Waals surface area contributed by atoms with Crippen molar-refractivity contribution in [3.8, 4) is 0 Å². The maximum atomic E-state index is 13.3. The highest BCUT2D eigenvalue weighted by molar-refractivity contribution is 8.00. The third-order valence-corrected chi connectivity index (χ3v) is 7.61. The zero-order valence-corrected chi connectivity index (χ0v) is 22.6. The van der Waals surface area contributed by atoms with Crippen molar-refractivity contribution in [2.45, 2.75) is 42.8 Å². The van der Waals surface area contributed by atoms with Crippen molar-refractivity contribution >= 4 is 35.2 Å². The molecule has 3 amide bonds. The molecule has 3 heterocycles. The van der Waals surface area contributed by atoms with Gasteiger partial charge in [-0.3, -0.25) is 4.79 Å². The van der Waals surface area contributed by atoms with Crippen LogP contribution in [0.5, 0.6) is 0 Å². The van der Waals surface area contributed by atoms with Gasteiger partial charge in [-0.25, -0.2) is 14.7 Å². The molecule has 1 N–H and O–H groups in total. The summed E-state index contributed by atoms with van der Waals surface area (Å²) in [4.78, 5) is 38.2. The third kappa shape index (κ3) is 6.78. The van der Waals surface area contributed by atoms with E-state index in [1.165, 1.54) is 29.2 Å². The highest BCUT2D eigenvalue weighted by Gasteiger charge is 2.51. The second-order valence-electron chi connectivity index (χ2n) is 10.1. The molecule has 0 atom stereocenters. The SMILES string of the molecule is CN1CCN(CCCNc2cc(CN3C(=O)N(c4ccc(SC(F)(F)F)cc4)C(=O)C3(C)C)ccn2)CC1. The molecule has 0 bridgehead atoms. The number of hydrogen-bond acceptors (Lipinski definition) is 7. The fourth-order valence-electron chi connectivity index (χ4n) is 4.57. The molecule has 2 aliphatic heterocycles. The van der Waals surface area contributed by atoms with Crippen LogP contribution in [0.1, 0.15) is 25.8 Å². The molecule has 206 valence electrons. The second-order valence-corrected chi connectivity index (χ2v) is 11.2. The monoisotopic (exact) mass is 550 g/mol. The maximum absolute atomic E-state index is 13.3. The smallest absolute Gasteiger partial charge is 0.370 e. The van der Waals surface area contributed by atoms with E-state index in [4.69, 9.17) is 0 Å². The first-order chi connectivity index (χ1) is 17.9. The summed E-state index contributed by atoms with van der Waals surface area (Å²) in [5, 5.41) is 3.34. The van der Waals surface area contributed by atoms with Crippen LogP contribution in [-0.2, 0) is 11.3 Å². The van der Waals surface area contributed by atoms with Gasteiger partial charge in [-0.05, 0) is 87.6 Å². The van der Waals surface area contributed by atoms with Crippen LogP contribution in [0.15, 0.2) is 47.5 Å². The lowest BCUT2D eigenvalue weighted by Gasteiger charge is -2.32. The van der Waals surface area contributed by atoms with Gasteiger partial charge in [-0.2, -0.15) is 13.2 Å². The summed E-state index contributed by atoms with van der Waals surface area (Å²) in [5.41, 5.74) is -4.49. The molecule has 2 fully saturated rings. The molecular formula is C26H33F3N6O2S. The quantitative estimate of drug-likeness (QED) is 0.280. The minimum Gasteiger partial charge on any atom is -0.370 e. The van der Waals surface area contributed by atoms with Gasteiger partial charge in [0.15, 0.2) is 0 Å². The molecule has 4 rings (SSSR count). The number of likely N-dealkylation sites (N-methyl/N-ethyl adjacent to an activating group) is 1. The summed E-state index contributed by atoms with van der Waals surface area (Å²) in [6, 6.07) is 8.39. The normalized spacial score (nSPS) is 18.9. The first kappa shape index (κ1) is 28.2. The van der Waals surface area contributed by atoms with Crippen LogP contribution in [0.3, 0.4) is 0 Å². The van der Waals surface area contributed by atoms with Crippen molar-refractivity contribution in [2.75, 3.05) is 56.5 Å². The molecule has 0 aliphatic carbocycles. The van der Waals surface area contributed by atoms with Crippen LogP contribution in [-0.4, -0.2) is 89.0 Å². The lowest BCUT2D eigenvalue weighted by molar-refractivity contribution is -0.123. The molecule has 0 saturated carbocycles. The molecule has 2 saturated heterocycles. The van der Waals surface area contributed by atoms with Crippen LogP contribution < -0.4 is 10.2 Å². The standard InChI is InChI=1S/C26H33F3N6O2S/c1-25(2)23(36)35(20-5-7-21(8-6-20)38-26(27,28)29)24(37)34(25)18-19-9-11-31-22(17-19)30-10-4-12-33-15-13-32(3)14-16-33/h5-9,11,17H,4,10,12-16,18H2,1-3H3,(H,30,31). The number of aromatic nitrogens is 1. The van der Waals surface area contributed by atoms with Crippen LogP contribution in [0, 0.1) is 0 Å². The number of nitrogens with zero attached hydrogens (tertiary/aromatic N) is 5. The van der Waals surface area contributed by atoms with Crippen LogP contribution in [0.2, 0.25) is 0 Å². The average molecular weight is 551 g/mol. The van der Waals surface area contributed by atoms with E-state index in [0.717, 1.165) is 56.2 Å². The van der Waals surface area contributed by atoms with Gasteiger partial charge in [-0.15, -0.1) is 0 Å². The Bertz CT molecular complexity index is 1140. The molecule has 1 aromatic heterocycles. The molecule has 0 unspecified atom stereocenters. The van der Waals surface area contributed by atoms with Crippen LogP contribution in [0.4, 0.5) is 29.5 Å². The fraction of sp³-hybridized carbons (Fsp3) is 0.500. The zero-order chi connectivity index (χ0) is 27.5. The molecule has 38 heavy (non-hydrogen) atoms. The summed E-state index contributed by atoms with van der Waals surface area (Å²) < 4.78 is 38.0. The van der Waals surface area contributed by atoms with E-state index in [-0.39, 0.29) is 28.9 Å². The van der Waals surface area contributed by atoms with Gasteiger partial charge in [0.25, 0.3) is 5.91 Å². The second kappa shape index (κ2) is 11.5. The number of nitrogens with one attached hydrogen (secondary N) is 1. The van der Waals surface area contributed by atoms with Gasteiger partial charge in [0.2, 0.25) is 0 Å². The Hall–Kier alpha value is -2.83. The van der Waals surface area contributed by atoms with Gasteiger partial charge >= 0.3 is 11.5 Å². The van der Waals surface area contributed by atoms with Crippen LogP contribution in [0.25, 0.3) is 0 Å². The fourth-order valence-corrected chi connectivity index (χ4v) is 5.11. The number of urea groups is 1. The lowest BCUT2D eigenvalue weighted by Crippen LogP contribution is -2.44. The summed E-state index contributed by atoms with van der Waals surface area (Å²) in [6.45, 7) is 9.65. The first-order valence-corrected chi connectivity index (χ1v) is 13.4. The number of alkyl halides is 3. The van der Waals surface area contributed by atoms with Gasteiger partial charge < -0.3 is 20.0 Å². The Morgan fingerprint density at radius 3 is 2.39 bits per heavy atom. The molecule has 2 aromatic rings. The Morgan fingerprint density at radius 1 is 1.05 bits per heavy atom. The molecule has 0 spiro atoms. The largest absolute Gasteiger partial charge is 0.446 e. The number of benzene rings is 1. The number of carbonyl (C=O) groups excluding carboxylic acids is 2. The van der Waals surface area contributed by atoms with Crippen molar-refractivity contribution in [1.29, 1.82) is 0 Å². The van der Waals surface area contributed by atoms with E-state index in [1.54, 1.807) is 26.1 Å². The third-order valence-electron chi connectivity index (χ3n) is 6.87. The number of pyridine rings is 1. The predicted molar refractivity (Wildman–Crippen MR) is 142 cm³/mol. The Labute approximate surface area is 225 Å². The average Bonchev–Trinajstić information content (AvgIpc) is 3.02. The minimum atomic E-state index is -4.41. The van der Waals surface area contributed by atoms with E-state index in [9.17, 15) is 22.8 Å². The molecule has 0 radical (unpaired) electrons. The van der Waals surface area contributed by atoms with E-state index in [0.29, 0.717) is 5.82 Å². The number of piperazine rings is 1. The number of carbonyl (C=O) groups is 2. The number of rotatable bonds is 9. The number of hydrogen-bond donors (Lipinski definition) is 1. The number of amides is 3. The molecule has 8 nitrogen and oxygen atoms in total. The number of imide groups is 1. The van der Waals surface area contributed by atoms with Crippen molar-refractivity contribution in [1.82, 2.24) is 19.7 Å². The van der Waals surface area contributed by atoms with E-state index < -0.39 is 23.0 Å². The van der Waals surface area contributed by atoms with E-state index in [2.05, 4.69) is 27.1 Å². The van der Waals surface area contributed by atoms with Gasteiger partial charge in [0, 0.05) is 50.4 Å². The Balaban J connectivity index is 1.37. The van der Waals surface area contributed by atoms with Crippen molar-refractivity contribution in [3.05, 3.63) is 48.2 Å². The molecule has 12 heteroatoms. The highest BCUT2D eigenvalue weighted by atomic mass is 32.2. The van der Waals surface area contributed by atoms with Gasteiger partial charge in [-0.1, -0.05) is 0 Å².